The maximum absolute atomic E-state index is 4.54. The van der Waals surface area contributed by atoms with Gasteiger partial charge in [0.25, 0.3) is 0 Å². The quantitative estimate of drug-likeness (QED) is 0.820. The summed E-state index contributed by atoms with van der Waals surface area (Å²) in [5.41, 5.74) is 3.78. The van der Waals surface area contributed by atoms with E-state index in [2.05, 4.69) is 55.9 Å². The Kier molecular flexibility index (Phi) is 3.98. The highest BCUT2D eigenvalue weighted by atomic mass is 14.7. The van der Waals surface area contributed by atoms with Crippen molar-refractivity contribution in [1.82, 2.24) is 9.97 Å². The van der Waals surface area contributed by atoms with Crippen molar-refractivity contribution in [2.24, 2.45) is 0 Å². The van der Waals surface area contributed by atoms with Crippen LogP contribution in [-0.2, 0) is 11.8 Å². The average molecular weight is 254 g/mol. The summed E-state index contributed by atoms with van der Waals surface area (Å²) < 4.78 is 0. The lowest BCUT2D eigenvalue weighted by molar-refractivity contribution is 0.519. The molecule has 2 heteroatoms. The Hall–Kier alpha value is -1.70. The molecule has 0 aliphatic heterocycles. The molecule has 0 aliphatic carbocycles. The van der Waals surface area contributed by atoms with Crippen molar-refractivity contribution < 1.29 is 0 Å². The summed E-state index contributed by atoms with van der Waals surface area (Å²) in [6.45, 7) is 8.84. The van der Waals surface area contributed by atoms with Crippen LogP contribution in [0.15, 0.2) is 42.9 Å². The lowest BCUT2D eigenvalue weighted by atomic mass is 9.80. The van der Waals surface area contributed by atoms with Crippen molar-refractivity contribution in [1.29, 1.82) is 0 Å². The van der Waals surface area contributed by atoms with Crippen LogP contribution in [0.1, 0.15) is 50.4 Å². The Labute approximate surface area is 115 Å². The minimum absolute atomic E-state index is 0.0787. The second-order valence-electron chi connectivity index (χ2n) is 6.05. The van der Waals surface area contributed by atoms with Crippen LogP contribution < -0.4 is 0 Å². The molecule has 0 bridgehead atoms. The molecule has 2 rings (SSSR count). The fourth-order valence-corrected chi connectivity index (χ4v) is 2.26. The van der Waals surface area contributed by atoms with Gasteiger partial charge >= 0.3 is 0 Å². The normalized spacial score (nSPS) is 11.8. The third kappa shape index (κ3) is 3.40. The van der Waals surface area contributed by atoms with Crippen LogP contribution >= 0.6 is 0 Å². The van der Waals surface area contributed by atoms with Crippen molar-refractivity contribution in [3.8, 4) is 0 Å². The molecule has 0 aliphatic rings. The van der Waals surface area contributed by atoms with Crippen molar-refractivity contribution in [3.05, 3.63) is 59.7 Å². The molecule has 0 saturated heterocycles. The van der Waals surface area contributed by atoms with Crippen LogP contribution in [0.4, 0.5) is 0 Å². The Morgan fingerprint density at radius 1 is 1.11 bits per heavy atom. The Morgan fingerprint density at radius 3 is 2.42 bits per heavy atom. The van der Waals surface area contributed by atoms with Gasteiger partial charge in [-0.15, -0.1) is 0 Å². The minimum Gasteiger partial charge on any atom is -0.264 e. The number of hydrogen-bond donors (Lipinski definition) is 0. The molecule has 0 saturated carbocycles. The first-order chi connectivity index (χ1) is 8.99. The standard InChI is InChI=1S/C17H22N2/c1-13(2)16-8-7-14(11-19-16)10-17(3,4)15-6-5-9-18-12-15/h5-9,11-13H,10H2,1-4H3. The smallest absolute Gasteiger partial charge is 0.0429 e. The van der Waals surface area contributed by atoms with Crippen LogP contribution in [-0.4, -0.2) is 9.97 Å². The minimum atomic E-state index is 0.0787. The fraction of sp³-hybridized carbons (Fsp3) is 0.412. The van der Waals surface area contributed by atoms with E-state index in [9.17, 15) is 0 Å². The lowest BCUT2D eigenvalue weighted by Crippen LogP contribution is -2.20. The van der Waals surface area contributed by atoms with Crippen molar-refractivity contribution >= 4 is 0 Å². The number of hydrogen-bond acceptors (Lipinski definition) is 2. The van der Waals surface area contributed by atoms with Gasteiger partial charge in [0.2, 0.25) is 0 Å². The van der Waals surface area contributed by atoms with E-state index in [0.717, 1.165) is 12.1 Å². The van der Waals surface area contributed by atoms with E-state index < -0.39 is 0 Å². The monoisotopic (exact) mass is 254 g/mol. The molecule has 2 aromatic rings. The molecule has 0 fully saturated rings. The molecule has 0 N–H and O–H groups in total. The van der Waals surface area contributed by atoms with Gasteiger partial charge < -0.3 is 0 Å². The lowest BCUT2D eigenvalue weighted by Gasteiger charge is -2.25. The zero-order chi connectivity index (χ0) is 13.9. The van der Waals surface area contributed by atoms with E-state index in [1.165, 1.54) is 11.1 Å². The molecule has 0 spiro atoms. The van der Waals surface area contributed by atoms with E-state index >= 15 is 0 Å². The van der Waals surface area contributed by atoms with Crippen LogP contribution in [0.2, 0.25) is 0 Å². The van der Waals surface area contributed by atoms with Crippen LogP contribution in [0, 0.1) is 0 Å². The van der Waals surface area contributed by atoms with Crippen molar-refractivity contribution in [2.45, 2.75) is 45.4 Å². The fourth-order valence-electron chi connectivity index (χ4n) is 2.26. The summed E-state index contributed by atoms with van der Waals surface area (Å²) in [6, 6.07) is 8.47. The number of pyridine rings is 2. The molecule has 2 nitrogen and oxygen atoms in total. The predicted molar refractivity (Wildman–Crippen MR) is 79.3 cm³/mol. The molecule has 0 amide bonds. The molecule has 0 atom stereocenters. The molecule has 2 aromatic heterocycles. The highest BCUT2D eigenvalue weighted by molar-refractivity contribution is 5.25. The summed E-state index contributed by atoms with van der Waals surface area (Å²) in [6.07, 6.45) is 6.76. The summed E-state index contributed by atoms with van der Waals surface area (Å²) >= 11 is 0. The molecule has 100 valence electrons. The number of nitrogens with zero attached hydrogens (tertiary/aromatic N) is 2. The number of aromatic nitrogens is 2. The third-order valence-corrected chi connectivity index (χ3v) is 3.53. The molecule has 2 heterocycles. The van der Waals surface area contributed by atoms with Crippen LogP contribution in [0.5, 0.6) is 0 Å². The molecule has 0 radical (unpaired) electrons. The molecule has 19 heavy (non-hydrogen) atoms. The second kappa shape index (κ2) is 5.52. The Balaban J connectivity index is 2.16. The average Bonchev–Trinajstić information content (AvgIpc) is 2.40. The molecule has 0 unspecified atom stereocenters. The zero-order valence-electron chi connectivity index (χ0n) is 12.2. The van der Waals surface area contributed by atoms with Crippen molar-refractivity contribution in [3.63, 3.8) is 0 Å². The summed E-state index contributed by atoms with van der Waals surface area (Å²) in [5, 5.41) is 0. The summed E-state index contributed by atoms with van der Waals surface area (Å²) in [5.74, 6) is 0.486. The van der Waals surface area contributed by atoms with Gasteiger partial charge in [0, 0.05) is 24.3 Å². The van der Waals surface area contributed by atoms with Gasteiger partial charge in [0.1, 0.15) is 0 Å². The van der Waals surface area contributed by atoms with E-state index in [0.29, 0.717) is 5.92 Å². The Morgan fingerprint density at radius 2 is 1.89 bits per heavy atom. The second-order valence-corrected chi connectivity index (χ2v) is 6.05. The van der Waals surface area contributed by atoms with E-state index in [-0.39, 0.29) is 5.41 Å². The molecular weight excluding hydrogens is 232 g/mol. The maximum Gasteiger partial charge on any atom is 0.0429 e. The van der Waals surface area contributed by atoms with Gasteiger partial charge in [-0.2, -0.15) is 0 Å². The highest BCUT2D eigenvalue weighted by Crippen LogP contribution is 2.27. The van der Waals surface area contributed by atoms with Gasteiger partial charge in [-0.1, -0.05) is 39.8 Å². The van der Waals surface area contributed by atoms with Crippen LogP contribution in [0.25, 0.3) is 0 Å². The zero-order valence-corrected chi connectivity index (χ0v) is 12.2. The predicted octanol–water partition coefficient (Wildman–Crippen LogP) is 4.12. The third-order valence-electron chi connectivity index (χ3n) is 3.53. The Bertz CT molecular complexity index is 513. The topological polar surface area (TPSA) is 25.8 Å². The first kappa shape index (κ1) is 13.7. The SMILES string of the molecule is CC(C)c1ccc(CC(C)(C)c2cccnc2)cn1. The van der Waals surface area contributed by atoms with Crippen LogP contribution in [0.3, 0.4) is 0 Å². The largest absolute Gasteiger partial charge is 0.264 e. The first-order valence-electron chi connectivity index (χ1n) is 6.84. The maximum atomic E-state index is 4.54. The summed E-state index contributed by atoms with van der Waals surface area (Å²) in [4.78, 5) is 8.75. The van der Waals surface area contributed by atoms with E-state index in [1.807, 2.05) is 24.7 Å². The van der Waals surface area contributed by atoms with Crippen molar-refractivity contribution in [2.75, 3.05) is 0 Å². The molecule has 0 aromatic carbocycles. The first-order valence-corrected chi connectivity index (χ1v) is 6.84. The highest BCUT2D eigenvalue weighted by Gasteiger charge is 2.21. The number of rotatable bonds is 4. The summed E-state index contributed by atoms with van der Waals surface area (Å²) in [7, 11) is 0. The van der Waals surface area contributed by atoms with E-state index in [1.54, 1.807) is 0 Å². The van der Waals surface area contributed by atoms with Gasteiger partial charge in [-0.05, 0) is 41.0 Å². The molecular formula is C17H22N2. The van der Waals surface area contributed by atoms with Gasteiger partial charge in [-0.25, -0.2) is 0 Å². The van der Waals surface area contributed by atoms with E-state index in [4.69, 9.17) is 0 Å². The van der Waals surface area contributed by atoms with Gasteiger partial charge in [0.05, 0.1) is 0 Å². The van der Waals surface area contributed by atoms with Gasteiger partial charge in [-0.3, -0.25) is 9.97 Å². The van der Waals surface area contributed by atoms with Gasteiger partial charge in [0.15, 0.2) is 0 Å².